The fourth-order valence-electron chi connectivity index (χ4n) is 1.67. The van der Waals surface area contributed by atoms with E-state index in [1.165, 1.54) is 0 Å². The monoisotopic (exact) mass is 293 g/mol. The molecule has 0 saturated carbocycles. The van der Waals surface area contributed by atoms with E-state index in [1.807, 2.05) is 27.7 Å². The van der Waals surface area contributed by atoms with Crippen LogP contribution < -0.4 is 5.32 Å². The van der Waals surface area contributed by atoms with Gasteiger partial charge in [-0.25, -0.2) is 4.79 Å². The molecule has 1 unspecified atom stereocenters. The molecule has 7 heteroatoms. The topological polar surface area (TPSA) is 73.9 Å². The van der Waals surface area contributed by atoms with Crippen LogP contribution in [0.3, 0.4) is 0 Å². The summed E-state index contributed by atoms with van der Waals surface area (Å²) in [4.78, 5) is 11.5. The van der Waals surface area contributed by atoms with Gasteiger partial charge in [-0.05, 0) is 12.8 Å². The highest BCUT2D eigenvalue weighted by molar-refractivity contribution is 7.54. The predicted octanol–water partition coefficient (Wildman–Crippen LogP) is 2.98. The second kappa shape index (κ2) is 6.25. The zero-order valence-electron chi connectivity index (χ0n) is 12.3. The van der Waals surface area contributed by atoms with Gasteiger partial charge in [0.2, 0.25) is 0 Å². The molecule has 19 heavy (non-hydrogen) atoms. The summed E-state index contributed by atoms with van der Waals surface area (Å²) in [6.07, 6.45) is -0.603. The van der Waals surface area contributed by atoms with E-state index in [9.17, 15) is 9.36 Å². The molecular weight excluding hydrogens is 269 g/mol. The summed E-state index contributed by atoms with van der Waals surface area (Å²) in [6.45, 7) is 10.3. The van der Waals surface area contributed by atoms with Crippen LogP contribution in [-0.2, 0) is 18.3 Å². The van der Waals surface area contributed by atoms with E-state index >= 15 is 0 Å². The Labute approximate surface area is 114 Å². The highest BCUT2D eigenvalue weighted by Crippen LogP contribution is 2.58. The number of hydrogen-bond acceptors (Lipinski definition) is 5. The van der Waals surface area contributed by atoms with E-state index in [0.29, 0.717) is 13.2 Å². The minimum Gasteiger partial charge on any atom is -0.450 e. The molecule has 112 valence electrons. The van der Waals surface area contributed by atoms with Crippen molar-refractivity contribution in [1.29, 1.82) is 0 Å². The first-order valence-corrected chi connectivity index (χ1v) is 8.13. The first kappa shape index (κ1) is 16.5. The van der Waals surface area contributed by atoms with Crippen molar-refractivity contribution in [2.75, 3.05) is 19.8 Å². The summed E-state index contributed by atoms with van der Waals surface area (Å²) in [5, 5.41) is 2.58. The number of amides is 1. The van der Waals surface area contributed by atoms with Crippen LogP contribution in [0, 0.1) is 11.3 Å². The lowest BCUT2D eigenvalue weighted by Gasteiger charge is -2.38. The third-order valence-electron chi connectivity index (χ3n) is 2.78. The Hall–Kier alpha value is -0.580. The lowest BCUT2D eigenvalue weighted by molar-refractivity contribution is 0.0341. The second-order valence-corrected chi connectivity index (χ2v) is 7.96. The molecule has 1 saturated heterocycles. The van der Waals surface area contributed by atoms with Gasteiger partial charge in [-0.1, -0.05) is 27.7 Å². The van der Waals surface area contributed by atoms with Crippen LogP contribution >= 0.6 is 7.60 Å². The molecule has 6 nitrogen and oxygen atoms in total. The van der Waals surface area contributed by atoms with Crippen molar-refractivity contribution in [1.82, 2.24) is 5.32 Å². The number of hydrogen-bond donors (Lipinski definition) is 1. The van der Waals surface area contributed by atoms with Gasteiger partial charge in [0.15, 0.2) is 0 Å². The Morgan fingerprint density at radius 2 is 1.89 bits per heavy atom. The summed E-state index contributed by atoms with van der Waals surface area (Å²) in [6, 6.07) is 0. The van der Waals surface area contributed by atoms with Crippen LogP contribution in [0.2, 0.25) is 0 Å². The van der Waals surface area contributed by atoms with Crippen LogP contribution in [0.5, 0.6) is 0 Å². The average Bonchev–Trinajstić information content (AvgIpc) is 2.30. The van der Waals surface area contributed by atoms with Gasteiger partial charge in [0.05, 0.1) is 19.8 Å². The van der Waals surface area contributed by atoms with Crippen molar-refractivity contribution in [2.45, 2.75) is 40.4 Å². The Morgan fingerprint density at radius 3 is 2.32 bits per heavy atom. The molecule has 0 radical (unpaired) electrons. The SMILES string of the molecule is CCOC(=O)NC(C(C)C)P1(=O)OCC(C)(C)CO1. The second-order valence-electron chi connectivity index (χ2n) is 5.80. The van der Waals surface area contributed by atoms with Gasteiger partial charge >= 0.3 is 13.7 Å². The number of ether oxygens (including phenoxy) is 1. The molecule has 1 atom stereocenters. The molecule has 1 heterocycles. The van der Waals surface area contributed by atoms with Gasteiger partial charge < -0.3 is 19.1 Å². The maximum absolute atomic E-state index is 12.7. The zero-order valence-corrected chi connectivity index (χ0v) is 13.2. The summed E-state index contributed by atoms with van der Waals surface area (Å²) >= 11 is 0. The predicted molar refractivity (Wildman–Crippen MR) is 72.1 cm³/mol. The van der Waals surface area contributed by atoms with Gasteiger partial charge in [-0.2, -0.15) is 0 Å². The number of carbonyl (C=O) groups excluding carboxylic acids is 1. The summed E-state index contributed by atoms with van der Waals surface area (Å²) < 4.78 is 28.4. The van der Waals surface area contributed by atoms with Crippen molar-refractivity contribution in [2.24, 2.45) is 11.3 Å². The molecule has 1 amide bonds. The largest absolute Gasteiger partial charge is 0.450 e. The molecule has 1 rings (SSSR count). The fraction of sp³-hybridized carbons (Fsp3) is 0.917. The standard InChI is InChI=1S/C12H24NO5P/c1-6-16-11(14)13-10(9(2)3)19(15)17-7-12(4,5)8-18-19/h9-10H,6-8H2,1-5H3,(H,13,14). The van der Waals surface area contributed by atoms with E-state index in [0.717, 1.165) is 0 Å². The van der Waals surface area contributed by atoms with E-state index in [2.05, 4.69) is 5.32 Å². The third-order valence-corrected chi connectivity index (χ3v) is 5.17. The molecule has 1 aliphatic rings. The molecule has 0 bridgehead atoms. The molecule has 0 aromatic carbocycles. The van der Waals surface area contributed by atoms with Crippen LogP contribution in [0.15, 0.2) is 0 Å². The Morgan fingerprint density at radius 1 is 1.37 bits per heavy atom. The zero-order chi connectivity index (χ0) is 14.7. The van der Waals surface area contributed by atoms with Crippen molar-refractivity contribution < 1.29 is 23.1 Å². The Balaban J connectivity index is 2.76. The Bertz CT molecular complexity index is 355. The van der Waals surface area contributed by atoms with Crippen molar-refractivity contribution in [3.05, 3.63) is 0 Å². The molecular formula is C12H24NO5P. The minimum absolute atomic E-state index is 0.0866. The molecule has 1 fully saturated rings. The van der Waals surface area contributed by atoms with Crippen LogP contribution in [0.1, 0.15) is 34.6 Å². The smallest absolute Gasteiger partial charge is 0.407 e. The fourth-order valence-corrected chi connectivity index (χ4v) is 4.12. The van der Waals surface area contributed by atoms with Gasteiger partial charge in [0.1, 0.15) is 5.78 Å². The summed E-state index contributed by atoms with van der Waals surface area (Å²) in [5.41, 5.74) is -0.167. The molecule has 0 aliphatic carbocycles. The highest BCUT2D eigenvalue weighted by Gasteiger charge is 2.45. The highest BCUT2D eigenvalue weighted by atomic mass is 31.2. The first-order chi connectivity index (χ1) is 8.70. The van der Waals surface area contributed by atoms with Crippen molar-refractivity contribution in [3.8, 4) is 0 Å². The van der Waals surface area contributed by atoms with E-state index < -0.39 is 19.5 Å². The van der Waals surface area contributed by atoms with Crippen molar-refractivity contribution in [3.63, 3.8) is 0 Å². The first-order valence-electron chi connectivity index (χ1n) is 6.52. The van der Waals surface area contributed by atoms with Gasteiger partial charge in [0, 0.05) is 5.41 Å². The van der Waals surface area contributed by atoms with Crippen LogP contribution in [0.4, 0.5) is 4.79 Å². The van der Waals surface area contributed by atoms with E-state index in [1.54, 1.807) is 6.92 Å². The van der Waals surface area contributed by atoms with Crippen LogP contribution in [0.25, 0.3) is 0 Å². The molecule has 0 aromatic heterocycles. The third kappa shape index (κ3) is 4.48. The lowest BCUT2D eigenvalue weighted by Crippen LogP contribution is -2.42. The number of carbonyl (C=O) groups is 1. The molecule has 1 aliphatic heterocycles. The molecule has 1 N–H and O–H groups in total. The quantitative estimate of drug-likeness (QED) is 0.807. The summed E-state index contributed by atoms with van der Waals surface area (Å²) in [5.74, 6) is -0.779. The molecule has 0 spiro atoms. The Kier molecular flexibility index (Phi) is 5.42. The number of nitrogens with one attached hydrogen (secondary N) is 1. The van der Waals surface area contributed by atoms with Gasteiger partial charge in [-0.3, -0.25) is 4.57 Å². The number of alkyl carbamates (subject to hydrolysis) is 1. The van der Waals surface area contributed by atoms with Gasteiger partial charge in [-0.15, -0.1) is 0 Å². The maximum Gasteiger partial charge on any atom is 0.407 e. The molecule has 0 aromatic rings. The maximum atomic E-state index is 12.7. The van der Waals surface area contributed by atoms with Crippen LogP contribution in [-0.4, -0.2) is 31.7 Å². The average molecular weight is 293 g/mol. The normalized spacial score (nSPS) is 22.8. The van der Waals surface area contributed by atoms with Crippen molar-refractivity contribution >= 4 is 13.7 Å². The minimum atomic E-state index is -3.35. The summed E-state index contributed by atoms with van der Waals surface area (Å²) in [7, 11) is -3.35. The number of rotatable bonds is 4. The van der Waals surface area contributed by atoms with E-state index in [-0.39, 0.29) is 17.9 Å². The van der Waals surface area contributed by atoms with E-state index in [4.69, 9.17) is 13.8 Å². The lowest BCUT2D eigenvalue weighted by atomic mass is 9.97. The van der Waals surface area contributed by atoms with Gasteiger partial charge in [0.25, 0.3) is 0 Å².